The van der Waals surface area contributed by atoms with Crippen LogP contribution in [0.4, 0.5) is 0 Å². The number of ether oxygens (including phenoxy) is 1. The van der Waals surface area contributed by atoms with Gasteiger partial charge in [0.1, 0.15) is 11.3 Å². The number of pyridine rings is 1. The van der Waals surface area contributed by atoms with Crippen molar-refractivity contribution in [2.45, 2.75) is 0 Å². The highest BCUT2D eigenvalue weighted by Gasteiger charge is 2.17. The Balaban J connectivity index is 2.21. The number of hydrogen-bond donors (Lipinski definition) is 1. The molecule has 0 unspecified atom stereocenters. The Bertz CT molecular complexity index is 833. The molecule has 1 heterocycles. The molecule has 0 amide bonds. The molecule has 0 aliphatic carbocycles. The van der Waals surface area contributed by atoms with E-state index < -0.39 is 5.97 Å². The van der Waals surface area contributed by atoms with E-state index in [1.807, 2.05) is 42.5 Å². The number of carbonyl (C=O) groups is 1. The van der Waals surface area contributed by atoms with Gasteiger partial charge in [-0.15, -0.1) is 0 Å². The van der Waals surface area contributed by atoms with Crippen molar-refractivity contribution >= 4 is 39.5 Å². The van der Waals surface area contributed by atoms with Gasteiger partial charge in [-0.2, -0.15) is 0 Å². The molecule has 0 atom stereocenters. The maximum absolute atomic E-state index is 11.4. The molecule has 0 aliphatic rings. The van der Waals surface area contributed by atoms with E-state index in [9.17, 15) is 9.90 Å². The van der Waals surface area contributed by atoms with Crippen molar-refractivity contribution < 1.29 is 14.6 Å². The number of rotatable bonds is 3. The second kappa shape index (κ2) is 5.69. The average Bonchev–Trinajstić information content (AvgIpc) is 2.49. The van der Waals surface area contributed by atoms with Crippen molar-refractivity contribution in [2.75, 3.05) is 0 Å². The van der Waals surface area contributed by atoms with Crippen LogP contribution in [0.25, 0.3) is 10.9 Å². The number of aromatic carboxylic acids is 1. The molecule has 0 radical (unpaired) electrons. The molecule has 3 rings (SSSR count). The summed E-state index contributed by atoms with van der Waals surface area (Å²) in [4.78, 5) is 15.6. The molecular formula is C16H10INO3. The summed E-state index contributed by atoms with van der Waals surface area (Å²) in [7, 11) is 0. The van der Waals surface area contributed by atoms with Crippen LogP contribution in [0.1, 0.15) is 10.4 Å². The number of hydrogen-bond acceptors (Lipinski definition) is 3. The minimum atomic E-state index is -1.06. The van der Waals surface area contributed by atoms with Gasteiger partial charge in [-0.3, -0.25) is 4.98 Å². The van der Waals surface area contributed by atoms with Crippen LogP contribution in [-0.4, -0.2) is 16.1 Å². The predicted octanol–water partition coefficient (Wildman–Crippen LogP) is 4.33. The van der Waals surface area contributed by atoms with Crippen LogP contribution < -0.4 is 4.74 Å². The maximum atomic E-state index is 11.4. The standard InChI is InChI=1S/C16H10INO3/c17-12-6-2-4-8-14(12)21-15-10-5-1-3-7-13(10)18-9-11(15)16(19)20/h1-9H,(H,19,20). The number of benzene rings is 2. The summed E-state index contributed by atoms with van der Waals surface area (Å²) < 4.78 is 6.80. The lowest BCUT2D eigenvalue weighted by Gasteiger charge is -2.12. The molecule has 1 N–H and O–H groups in total. The highest BCUT2D eigenvalue weighted by molar-refractivity contribution is 14.1. The molecule has 4 nitrogen and oxygen atoms in total. The van der Waals surface area contributed by atoms with Crippen LogP contribution in [0.2, 0.25) is 0 Å². The van der Waals surface area contributed by atoms with Crippen LogP contribution in [-0.2, 0) is 0 Å². The number of halogens is 1. The van der Waals surface area contributed by atoms with E-state index in [0.717, 1.165) is 3.57 Å². The monoisotopic (exact) mass is 391 g/mol. The Hall–Kier alpha value is -2.15. The summed E-state index contributed by atoms with van der Waals surface area (Å²) in [6.07, 6.45) is 1.33. The van der Waals surface area contributed by atoms with Gasteiger partial charge in [0.2, 0.25) is 0 Å². The van der Waals surface area contributed by atoms with Crippen LogP contribution in [0.15, 0.2) is 54.7 Å². The molecule has 104 valence electrons. The lowest BCUT2D eigenvalue weighted by molar-refractivity contribution is 0.0694. The number of fused-ring (bicyclic) bond motifs is 1. The number of carboxylic acid groups (broad SMARTS) is 1. The third kappa shape index (κ3) is 2.69. The summed E-state index contributed by atoms with van der Waals surface area (Å²) >= 11 is 2.15. The predicted molar refractivity (Wildman–Crippen MR) is 87.9 cm³/mol. The fourth-order valence-corrected chi connectivity index (χ4v) is 2.51. The number of para-hydroxylation sites is 2. The second-order valence-corrected chi connectivity index (χ2v) is 5.52. The third-order valence-corrected chi connectivity index (χ3v) is 3.90. The highest BCUT2D eigenvalue weighted by Crippen LogP contribution is 2.34. The van der Waals surface area contributed by atoms with E-state index in [-0.39, 0.29) is 5.56 Å². The molecule has 21 heavy (non-hydrogen) atoms. The summed E-state index contributed by atoms with van der Waals surface area (Å²) in [5.41, 5.74) is 0.747. The Kier molecular flexibility index (Phi) is 3.74. The minimum absolute atomic E-state index is 0.0494. The van der Waals surface area contributed by atoms with E-state index >= 15 is 0 Å². The van der Waals surface area contributed by atoms with E-state index in [2.05, 4.69) is 27.6 Å². The zero-order chi connectivity index (χ0) is 14.8. The van der Waals surface area contributed by atoms with Gasteiger partial charge in [0.15, 0.2) is 5.75 Å². The van der Waals surface area contributed by atoms with Gasteiger partial charge in [-0.05, 0) is 46.9 Å². The first-order chi connectivity index (χ1) is 10.2. The second-order valence-electron chi connectivity index (χ2n) is 4.36. The number of aromatic nitrogens is 1. The third-order valence-electron chi connectivity index (χ3n) is 3.01. The zero-order valence-electron chi connectivity index (χ0n) is 10.8. The molecule has 0 fully saturated rings. The maximum Gasteiger partial charge on any atom is 0.341 e. The van der Waals surface area contributed by atoms with Crippen LogP contribution >= 0.6 is 22.6 Å². The summed E-state index contributed by atoms with van der Waals surface area (Å²) in [5.74, 6) is -0.122. The van der Waals surface area contributed by atoms with Crippen molar-refractivity contribution in [3.05, 3.63) is 63.9 Å². The molecule has 0 spiro atoms. The molecule has 3 aromatic rings. The van der Waals surface area contributed by atoms with Crippen molar-refractivity contribution in [3.63, 3.8) is 0 Å². The zero-order valence-corrected chi connectivity index (χ0v) is 12.9. The number of carboxylic acids is 1. The van der Waals surface area contributed by atoms with Crippen molar-refractivity contribution in [3.8, 4) is 11.5 Å². The van der Waals surface area contributed by atoms with Gasteiger partial charge >= 0.3 is 5.97 Å². The van der Waals surface area contributed by atoms with Crippen molar-refractivity contribution in [1.29, 1.82) is 0 Å². The normalized spacial score (nSPS) is 10.5. The van der Waals surface area contributed by atoms with Crippen LogP contribution in [0.3, 0.4) is 0 Å². The molecule has 2 aromatic carbocycles. The van der Waals surface area contributed by atoms with Crippen molar-refractivity contribution in [2.24, 2.45) is 0 Å². The lowest BCUT2D eigenvalue weighted by atomic mass is 10.1. The van der Waals surface area contributed by atoms with E-state index in [4.69, 9.17) is 4.74 Å². The quantitative estimate of drug-likeness (QED) is 0.676. The SMILES string of the molecule is O=C(O)c1cnc2ccccc2c1Oc1ccccc1I. The molecular weight excluding hydrogens is 381 g/mol. The first-order valence-electron chi connectivity index (χ1n) is 6.20. The fraction of sp³-hybridized carbons (Fsp3) is 0. The fourth-order valence-electron chi connectivity index (χ4n) is 2.02. The Morgan fingerprint density at radius 1 is 1.10 bits per heavy atom. The van der Waals surface area contributed by atoms with E-state index in [0.29, 0.717) is 22.4 Å². The molecule has 0 aliphatic heterocycles. The summed E-state index contributed by atoms with van der Waals surface area (Å²) in [6, 6.07) is 14.8. The van der Waals surface area contributed by atoms with E-state index in [1.54, 1.807) is 6.07 Å². The molecule has 5 heteroatoms. The summed E-state index contributed by atoms with van der Waals surface area (Å²) in [6.45, 7) is 0. The Morgan fingerprint density at radius 3 is 2.57 bits per heavy atom. The van der Waals surface area contributed by atoms with Gasteiger partial charge in [0.25, 0.3) is 0 Å². The molecule has 0 saturated heterocycles. The smallest absolute Gasteiger partial charge is 0.341 e. The first-order valence-corrected chi connectivity index (χ1v) is 7.28. The minimum Gasteiger partial charge on any atom is -0.477 e. The Labute approximate surface area is 134 Å². The molecule has 0 saturated carbocycles. The van der Waals surface area contributed by atoms with Crippen LogP contribution in [0, 0.1) is 3.57 Å². The Morgan fingerprint density at radius 2 is 1.81 bits per heavy atom. The van der Waals surface area contributed by atoms with Gasteiger partial charge < -0.3 is 9.84 Å². The first kappa shape index (κ1) is 13.8. The molecule has 0 bridgehead atoms. The largest absolute Gasteiger partial charge is 0.477 e. The lowest BCUT2D eigenvalue weighted by Crippen LogP contribution is -2.02. The topological polar surface area (TPSA) is 59.4 Å². The van der Waals surface area contributed by atoms with E-state index in [1.165, 1.54) is 6.20 Å². The van der Waals surface area contributed by atoms with Gasteiger partial charge in [-0.25, -0.2) is 4.79 Å². The van der Waals surface area contributed by atoms with Crippen molar-refractivity contribution in [1.82, 2.24) is 4.98 Å². The van der Waals surface area contributed by atoms with Gasteiger partial charge in [0.05, 0.1) is 9.09 Å². The summed E-state index contributed by atoms with van der Waals surface area (Å²) in [5, 5.41) is 10.0. The highest BCUT2D eigenvalue weighted by atomic mass is 127. The molecule has 1 aromatic heterocycles. The van der Waals surface area contributed by atoms with Gasteiger partial charge in [0, 0.05) is 11.6 Å². The average molecular weight is 391 g/mol. The van der Waals surface area contributed by atoms with Gasteiger partial charge in [-0.1, -0.05) is 24.3 Å². The number of nitrogens with zero attached hydrogens (tertiary/aromatic N) is 1. The van der Waals surface area contributed by atoms with Crippen LogP contribution in [0.5, 0.6) is 11.5 Å².